The molecule has 2 unspecified atom stereocenters. The Morgan fingerprint density at radius 2 is 1.61 bits per heavy atom. The number of anilines is 1. The molecule has 41 heavy (non-hydrogen) atoms. The minimum atomic E-state index is -3.91. The number of carbonyl (C=O) groups is 1. The van der Waals surface area contributed by atoms with Crippen LogP contribution in [-0.4, -0.2) is 25.1 Å². The van der Waals surface area contributed by atoms with Crippen molar-refractivity contribution in [1.29, 1.82) is 0 Å². The van der Waals surface area contributed by atoms with E-state index in [2.05, 4.69) is 4.72 Å². The Labute approximate surface area is 242 Å². The minimum Gasteiger partial charge on any atom is -0.512 e. The van der Waals surface area contributed by atoms with Crippen molar-refractivity contribution < 1.29 is 27.4 Å². The highest BCUT2D eigenvalue weighted by atomic mass is 32.2. The van der Waals surface area contributed by atoms with E-state index >= 15 is 0 Å². The van der Waals surface area contributed by atoms with Crippen LogP contribution in [0.1, 0.15) is 70.4 Å². The molecule has 4 rings (SSSR count). The second-order valence-corrected chi connectivity index (χ2v) is 13.5. The quantitative estimate of drug-likeness (QED) is 0.240. The van der Waals surface area contributed by atoms with Crippen LogP contribution in [0, 0.1) is 11.2 Å². The number of aliphatic hydroxyl groups is 1. The number of benzene rings is 3. The van der Waals surface area contributed by atoms with Crippen molar-refractivity contribution in [2.45, 2.75) is 76.2 Å². The van der Waals surface area contributed by atoms with Gasteiger partial charge in [-0.15, -0.1) is 0 Å². The molecule has 2 atom stereocenters. The van der Waals surface area contributed by atoms with Crippen LogP contribution in [0.5, 0.6) is 0 Å². The van der Waals surface area contributed by atoms with Crippen molar-refractivity contribution in [3.8, 4) is 0 Å². The maximum absolute atomic E-state index is 13.6. The third kappa shape index (κ3) is 7.17. The molecule has 0 radical (unpaired) electrons. The maximum atomic E-state index is 13.6. The fraction of sp³-hybridized carbons (Fsp3) is 0.364. The standard InChI is InChI=1S/C33H38FNO5S/c1-5-20-33(21-19-23-9-7-6-8-10-23)22-28(36)29(31(37)40-33)30(32(2,3)4)24-11-15-26(16-12-24)35-41(38,39)27-17-13-25(34)14-18-27/h6-18,30,35-36H,5,19-22H2,1-4H3. The van der Waals surface area contributed by atoms with Crippen molar-refractivity contribution in [2.24, 2.45) is 5.41 Å². The van der Waals surface area contributed by atoms with Crippen LogP contribution in [0.2, 0.25) is 0 Å². The number of hydrogen-bond donors (Lipinski definition) is 2. The number of ether oxygens (including phenoxy) is 1. The van der Waals surface area contributed by atoms with Gasteiger partial charge in [-0.1, -0.05) is 76.6 Å². The van der Waals surface area contributed by atoms with Gasteiger partial charge in [-0.2, -0.15) is 0 Å². The number of cyclic esters (lactones) is 1. The normalized spacial score (nSPS) is 18.6. The minimum absolute atomic E-state index is 0.0452. The summed E-state index contributed by atoms with van der Waals surface area (Å²) < 4.78 is 47.4. The summed E-state index contributed by atoms with van der Waals surface area (Å²) in [5, 5.41) is 11.4. The third-order valence-electron chi connectivity index (χ3n) is 7.52. The van der Waals surface area contributed by atoms with Crippen LogP contribution < -0.4 is 4.72 Å². The summed E-state index contributed by atoms with van der Waals surface area (Å²) in [6.07, 6.45) is 3.04. The Kier molecular flexibility index (Phi) is 8.92. The first-order chi connectivity index (χ1) is 19.3. The van der Waals surface area contributed by atoms with Crippen molar-refractivity contribution in [2.75, 3.05) is 4.72 Å². The number of rotatable bonds is 10. The molecule has 0 fully saturated rings. The predicted octanol–water partition coefficient (Wildman–Crippen LogP) is 7.69. The average molecular weight is 580 g/mol. The van der Waals surface area contributed by atoms with E-state index in [9.17, 15) is 22.7 Å². The molecule has 3 aromatic carbocycles. The number of halogens is 1. The lowest BCUT2D eigenvalue weighted by molar-refractivity contribution is -0.161. The van der Waals surface area contributed by atoms with Crippen LogP contribution in [0.4, 0.5) is 10.1 Å². The largest absolute Gasteiger partial charge is 0.512 e. The first-order valence-electron chi connectivity index (χ1n) is 13.9. The van der Waals surface area contributed by atoms with Crippen LogP contribution in [-0.2, 0) is 26.0 Å². The van der Waals surface area contributed by atoms with Gasteiger partial charge in [-0.3, -0.25) is 4.72 Å². The molecule has 2 N–H and O–H groups in total. The summed E-state index contributed by atoms with van der Waals surface area (Å²) in [6, 6.07) is 21.3. The van der Waals surface area contributed by atoms with Crippen LogP contribution in [0.3, 0.4) is 0 Å². The lowest BCUT2D eigenvalue weighted by Gasteiger charge is -2.41. The Hall–Kier alpha value is -3.65. The zero-order chi connectivity index (χ0) is 29.8. The van der Waals surface area contributed by atoms with E-state index in [0.717, 1.165) is 36.1 Å². The number of sulfonamides is 1. The lowest BCUT2D eigenvalue weighted by atomic mass is 9.70. The summed E-state index contributed by atoms with van der Waals surface area (Å²) >= 11 is 0. The van der Waals surface area contributed by atoms with E-state index < -0.39 is 38.7 Å². The smallest absolute Gasteiger partial charge is 0.338 e. The lowest BCUT2D eigenvalue weighted by Crippen LogP contribution is -2.43. The molecule has 0 spiro atoms. The van der Waals surface area contributed by atoms with Gasteiger partial charge in [0.1, 0.15) is 17.2 Å². The molecule has 0 amide bonds. The molecule has 1 aliphatic heterocycles. The molecule has 0 saturated carbocycles. The number of aryl methyl sites for hydroxylation is 1. The molecule has 0 saturated heterocycles. The number of carbonyl (C=O) groups excluding carboxylic acids is 1. The van der Waals surface area contributed by atoms with Gasteiger partial charge in [0.05, 0.1) is 10.5 Å². The maximum Gasteiger partial charge on any atom is 0.338 e. The monoisotopic (exact) mass is 579 g/mol. The number of nitrogens with one attached hydrogen (secondary N) is 1. The van der Waals surface area contributed by atoms with Crippen LogP contribution in [0.15, 0.2) is 95.1 Å². The van der Waals surface area contributed by atoms with Crippen LogP contribution >= 0.6 is 0 Å². The van der Waals surface area contributed by atoms with Gasteiger partial charge < -0.3 is 9.84 Å². The predicted molar refractivity (Wildman–Crippen MR) is 159 cm³/mol. The van der Waals surface area contributed by atoms with Gasteiger partial charge in [0.2, 0.25) is 0 Å². The van der Waals surface area contributed by atoms with Crippen molar-refractivity contribution in [3.63, 3.8) is 0 Å². The molecule has 3 aromatic rings. The topological polar surface area (TPSA) is 92.7 Å². The average Bonchev–Trinajstić information content (AvgIpc) is 2.90. The second-order valence-electron chi connectivity index (χ2n) is 11.8. The molecule has 218 valence electrons. The Morgan fingerprint density at radius 1 is 0.976 bits per heavy atom. The fourth-order valence-electron chi connectivity index (χ4n) is 5.64. The highest BCUT2D eigenvalue weighted by molar-refractivity contribution is 7.92. The Bertz CT molecular complexity index is 1490. The molecule has 6 nitrogen and oxygen atoms in total. The van der Waals surface area contributed by atoms with Crippen molar-refractivity contribution in [1.82, 2.24) is 0 Å². The highest BCUT2D eigenvalue weighted by Gasteiger charge is 2.45. The number of aliphatic hydroxyl groups excluding tert-OH is 1. The van der Waals surface area contributed by atoms with E-state index in [1.807, 2.05) is 58.0 Å². The van der Waals surface area contributed by atoms with E-state index in [-0.39, 0.29) is 22.6 Å². The van der Waals surface area contributed by atoms with E-state index in [1.54, 1.807) is 24.3 Å². The molecule has 1 heterocycles. The van der Waals surface area contributed by atoms with Gasteiger partial charge in [-0.05, 0) is 72.2 Å². The summed E-state index contributed by atoms with van der Waals surface area (Å²) in [7, 11) is -3.91. The second kappa shape index (κ2) is 12.1. The summed E-state index contributed by atoms with van der Waals surface area (Å²) in [4.78, 5) is 13.6. The summed E-state index contributed by atoms with van der Waals surface area (Å²) in [5.41, 5.74) is 1.21. The summed E-state index contributed by atoms with van der Waals surface area (Å²) in [5.74, 6) is -1.49. The molecule has 0 bridgehead atoms. The third-order valence-corrected chi connectivity index (χ3v) is 8.92. The van der Waals surface area contributed by atoms with E-state index in [4.69, 9.17) is 4.74 Å². The van der Waals surface area contributed by atoms with Gasteiger partial charge in [0.15, 0.2) is 0 Å². The first-order valence-corrected chi connectivity index (χ1v) is 15.4. The zero-order valence-electron chi connectivity index (χ0n) is 24.0. The van der Waals surface area contributed by atoms with Crippen LogP contribution in [0.25, 0.3) is 0 Å². The molecule has 8 heteroatoms. The molecule has 0 aliphatic carbocycles. The molecular formula is C33H38FNO5S. The number of hydrogen-bond acceptors (Lipinski definition) is 5. The van der Waals surface area contributed by atoms with E-state index in [0.29, 0.717) is 18.5 Å². The Morgan fingerprint density at radius 3 is 2.17 bits per heavy atom. The number of esters is 1. The van der Waals surface area contributed by atoms with Gasteiger partial charge in [0.25, 0.3) is 10.0 Å². The van der Waals surface area contributed by atoms with Crippen molar-refractivity contribution in [3.05, 3.63) is 107 Å². The first kappa shape index (κ1) is 30.3. The summed E-state index contributed by atoms with van der Waals surface area (Å²) in [6.45, 7) is 8.00. The fourth-order valence-corrected chi connectivity index (χ4v) is 6.70. The Balaban J connectivity index is 1.60. The van der Waals surface area contributed by atoms with Crippen molar-refractivity contribution >= 4 is 21.7 Å². The van der Waals surface area contributed by atoms with Gasteiger partial charge >= 0.3 is 5.97 Å². The SMILES string of the molecule is CCCC1(CCc2ccccc2)CC(O)=C(C(c2ccc(NS(=O)(=O)c3ccc(F)cc3)cc2)C(C)(C)C)C(=O)O1. The molecular weight excluding hydrogens is 541 g/mol. The van der Waals surface area contributed by atoms with Gasteiger partial charge in [-0.25, -0.2) is 17.6 Å². The zero-order valence-corrected chi connectivity index (χ0v) is 24.8. The van der Waals surface area contributed by atoms with E-state index in [1.165, 1.54) is 12.1 Å². The molecule has 1 aliphatic rings. The van der Waals surface area contributed by atoms with Gasteiger partial charge in [0, 0.05) is 18.0 Å². The highest BCUT2D eigenvalue weighted by Crippen LogP contribution is 2.47. The molecule has 0 aromatic heterocycles.